The number of amides is 1. The highest BCUT2D eigenvalue weighted by atomic mass is 35.5. The van der Waals surface area contributed by atoms with Crippen LogP contribution in [0.15, 0.2) is 18.2 Å². The van der Waals surface area contributed by atoms with Gasteiger partial charge in [0, 0.05) is 24.6 Å². The molecular formula is C15H19ClN2O6. The second-order valence-corrected chi connectivity index (χ2v) is 5.07. The Morgan fingerprint density at radius 1 is 1.33 bits per heavy atom. The summed E-state index contributed by atoms with van der Waals surface area (Å²) in [5.41, 5.74) is -0.158. The molecule has 0 N–H and O–H groups in total. The van der Waals surface area contributed by atoms with Gasteiger partial charge in [-0.2, -0.15) is 0 Å². The number of halogens is 1. The normalized spacial score (nSPS) is 10.1. The predicted molar refractivity (Wildman–Crippen MR) is 88.8 cm³/mol. The van der Waals surface area contributed by atoms with Gasteiger partial charge in [0.1, 0.15) is 0 Å². The maximum absolute atomic E-state index is 12.2. The molecule has 1 amide bonds. The summed E-state index contributed by atoms with van der Waals surface area (Å²) in [6, 6.07) is 3.63. The van der Waals surface area contributed by atoms with Gasteiger partial charge in [-0.25, -0.2) is 9.59 Å². The first-order valence-corrected chi connectivity index (χ1v) is 7.86. The molecule has 0 radical (unpaired) electrons. The molecular weight excluding hydrogens is 340 g/mol. The smallest absolute Gasteiger partial charge is 0.414 e. The number of methoxy groups -OCH3 is 1. The maximum Gasteiger partial charge on any atom is 0.414 e. The van der Waals surface area contributed by atoms with Crippen molar-refractivity contribution in [3.63, 3.8) is 0 Å². The summed E-state index contributed by atoms with van der Waals surface area (Å²) >= 11 is 5.65. The lowest BCUT2D eigenvalue weighted by molar-refractivity contribution is -0.384. The highest BCUT2D eigenvalue weighted by Crippen LogP contribution is 2.27. The number of nitro groups is 1. The van der Waals surface area contributed by atoms with Gasteiger partial charge in [0.2, 0.25) is 0 Å². The van der Waals surface area contributed by atoms with E-state index in [0.29, 0.717) is 18.7 Å². The average Bonchev–Trinajstić information content (AvgIpc) is 2.57. The van der Waals surface area contributed by atoms with Gasteiger partial charge in [-0.3, -0.25) is 15.0 Å². The first kappa shape index (κ1) is 19.7. The van der Waals surface area contributed by atoms with E-state index >= 15 is 0 Å². The first-order valence-electron chi connectivity index (χ1n) is 7.33. The van der Waals surface area contributed by atoms with Gasteiger partial charge in [0.25, 0.3) is 5.69 Å². The number of ether oxygens (including phenoxy) is 2. The molecule has 24 heavy (non-hydrogen) atoms. The van der Waals surface area contributed by atoms with E-state index in [-0.39, 0.29) is 30.1 Å². The van der Waals surface area contributed by atoms with E-state index in [0.717, 1.165) is 13.2 Å². The minimum atomic E-state index is -0.777. The fourth-order valence-corrected chi connectivity index (χ4v) is 2.21. The van der Waals surface area contributed by atoms with Gasteiger partial charge in [-0.15, -0.1) is 11.6 Å². The molecule has 0 aliphatic carbocycles. The molecule has 132 valence electrons. The number of esters is 1. The number of nitro benzene ring substituents is 1. The number of nitrogens with zero attached hydrogens (tertiary/aromatic N) is 2. The van der Waals surface area contributed by atoms with Crippen LogP contribution in [0.1, 0.15) is 30.1 Å². The minimum Gasteiger partial charge on any atom is -0.465 e. The Bertz CT molecular complexity index is 608. The van der Waals surface area contributed by atoms with Crippen LogP contribution in [0.2, 0.25) is 0 Å². The van der Waals surface area contributed by atoms with Gasteiger partial charge in [-0.05, 0) is 25.8 Å². The van der Waals surface area contributed by atoms with Crippen LogP contribution in [0.4, 0.5) is 16.2 Å². The standard InChI is InChI=1S/C15H19ClN2O6/c1-3-24-15(20)17(9-5-4-8-16)13-7-6-11(18(21)22)10-12(13)14(19)23-2/h6-7,10H,3-5,8-9H2,1-2H3. The van der Waals surface area contributed by atoms with Crippen LogP contribution in [-0.4, -0.2) is 43.1 Å². The Balaban J connectivity index is 3.30. The first-order chi connectivity index (χ1) is 11.5. The van der Waals surface area contributed by atoms with Crippen LogP contribution in [0.25, 0.3) is 0 Å². The monoisotopic (exact) mass is 358 g/mol. The molecule has 0 saturated heterocycles. The number of unbranched alkanes of at least 4 members (excludes halogenated alkanes) is 1. The number of alkyl halides is 1. The van der Waals surface area contributed by atoms with E-state index < -0.39 is 17.0 Å². The third-order valence-corrected chi connectivity index (χ3v) is 3.41. The Kier molecular flexibility index (Phi) is 7.97. The summed E-state index contributed by atoms with van der Waals surface area (Å²) in [7, 11) is 1.16. The number of rotatable bonds is 8. The Morgan fingerprint density at radius 3 is 2.58 bits per heavy atom. The van der Waals surface area contributed by atoms with Crippen LogP contribution in [-0.2, 0) is 9.47 Å². The number of hydrogen-bond donors (Lipinski definition) is 0. The van der Waals surface area contributed by atoms with Crippen LogP contribution >= 0.6 is 11.6 Å². The largest absolute Gasteiger partial charge is 0.465 e. The third-order valence-electron chi connectivity index (χ3n) is 3.14. The number of non-ortho nitro benzene ring substituents is 1. The second kappa shape index (κ2) is 9.71. The lowest BCUT2D eigenvalue weighted by Gasteiger charge is -2.23. The molecule has 8 nitrogen and oxygen atoms in total. The topological polar surface area (TPSA) is 99.0 Å². The third kappa shape index (κ3) is 5.09. The Labute approximate surface area is 144 Å². The summed E-state index contributed by atoms with van der Waals surface area (Å²) in [5.74, 6) is -0.346. The molecule has 9 heteroatoms. The van der Waals surface area contributed by atoms with Crippen LogP contribution in [0, 0.1) is 10.1 Å². The molecule has 0 fully saturated rings. The number of carbonyl (C=O) groups excluding carboxylic acids is 2. The van der Waals surface area contributed by atoms with Gasteiger partial charge in [-0.1, -0.05) is 0 Å². The summed E-state index contributed by atoms with van der Waals surface area (Å²) in [5, 5.41) is 10.9. The van der Waals surface area contributed by atoms with Crippen molar-refractivity contribution in [3.8, 4) is 0 Å². The Hall–Kier alpha value is -2.35. The van der Waals surface area contributed by atoms with E-state index in [1.807, 2.05) is 0 Å². The predicted octanol–water partition coefficient (Wildman–Crippen LogP) is 3.36. The minimum absolute atomic E-state index is 0.0781. The molecule has 0 atom stereocenters. The molecule has 0 unspecified atom stereocenters. The summed E-state index contributed by atoms with van der Waals surface area (Å²) < 4.78 is 9.67. The fraction of sp³-hybridized carbons (Fsp3) is 0.467. The highest BCUT2D eigenvalue weighted by Gasteiger charge is 2.25. The van der Waals surface area contributed by atoms with Crippen molar-refractivity contribution in [3.05, 3.63) is 33.9 Å². The fourth-order valence-electron chi connectivity index (χ4n) is 2.02. The molecule has 0 spiro atoms. The lowest BCUT2D eigenvalue weighted by Crippen LogP contribution is -2.34. The molecule has 1 aromatic carbocycles. The summed E-state index contributed by atoms with van der Waals surface area (Å²) in [6.07, 6.45) is 0.601. The van der Waals surface area contributed by atoms with E-state index in [1.54, 1.807) is 6.92 Å². The van der Waals surface area contributed by atoms with Crippen molar-refractivity contribution in [1.82, 2.24) is 0 Å². The van der Waals surface area contributed by atoms with E-state index in [4.69, 9.17) is 16.3 Å². The van der Waals surface area contributed by atoms with Gasteiger partial charge in [0.05, 0.1) is 29.9 Å². The maximum atomic E-state index is 12.2. The molecule has 1 rings (SSSR count). The average molecular weight is 359 g/mol. The molecule has 0 aromatic heterocycles. The number of anilines is 1. The molecule has 0 aliphatic rings. The van der Waals surface area contributed by atoms with Crippen molar-refractivity contribution in [2.45, 2.75) is 19.8 Å². The Morgan fingerprint density at radius 2 is 2.04 bits per heavy atom. The summed E-state index contributed by atoms with van der Waals surface area (Å²) in [6.45, 7) is 2.07. The van der Waals surface area contributed by atoms with Crippen LogP contribution < -0.4 is 4.90 Å². The molecule has 0 aliphatic heterocycles. The van der Waals surface area contributed by atoms with Gasteiger partial charge >= 0.3 is 12.1 Å². The summed E-state index contributed by atoms with van der Waals surface area (Å²) in [4.78, 5) is 35.7. The SMILES string of the molecule is CCOC(=O)N(CCCCCl)c1ccc([N+](=O)[O-])cc1C(=O)OC. The lowest BCUT2D eigenvalue weighted by atomic mass is 10.1. The van der Waals surface area contributed by atoms with Crippen molar-refractivity contribution >= 4 is 35.0 Å². The zero-order chi connectivity index (χ0) is 18.1. The van der Waals surface area contributed by atoms with Crippen LogP contribution in [0.3, 0.4) is 0 Å². The van der Waals surface area contributed by atoms with Crippen LogP contribution in [0.5, 0.6) is 0 Å². The number of carbonyl (C=O) groups is 2. The zero-order valence-corrected chi connectivity index (χ0v) is 14.2. The van der Waals surface area contributed by atoms with Crippen molar-refractivity contribution in [2.24, 2.45) is 0 Å². The molecule has 0 bridgehead atoms. The zero-order valence-electron chi connectivity index (χ0n) is 13.5. The van der Waals surface area contributed by atoms with E-state index in [1.165, 1.54) is 17.0 Å². The molecule has 0 heterocycles. The molecule has 1 aromatic rings. The number of benzene rings is 1. The van der Waals surface area contributed by atoms with Crippen molar-refractivity contribution in [1.29, 1.82) is 0 Å². The number of hydrogen-bond acceptors (Lipinski definition) is 6. The quantitative estimate of drug-likeness (QED) is 0.232. The molecule has 0 saturated carbocycles. The van der Waals surface area contributed by atoms with Gasteiger partial charge in [0.15, 0.2) is 0 Å². The van der Waals surface area contributed by atoms with E-state index in [2.05, 4.69) is 4.74 Å². The van der Waals surface area contributed by atoms with Gasteiger partial charge < -0.3 is 9.47 Å². The van der Waals surface area contributed by atoms with Crippen molar-refractivity contribution < 1.29 is 24.0 Å². The van der Waals surface area contributed by atoms with E-state index in [9.17, 15) is 19.7 Å². The van der Waals surface area contributed by atoms with Crippen molar-refractivity contribution in [2.75, 3.05) is 31.0 Å². The second-order valence-electron chi connectivity index (χ2n) is 4.70. The highest BCUT2D eigenvalue weighted by molar-refractivity contribution is 6.17.